The Morgan fingerprint density at radius 3 is 3.24 bits per heavy atom. The van der Waals surface area contributed by atoms with Gasteiger partial charge in [-0.3, -0.25) is 9.69 Å². The molecule has 17 heavy (non-hydrogen) atoms. The highest BCUT2D eigenvalue weighted by Crippen LogP contribution is 2.33. The fourth-order valence-corrected chi connectivity index (χ4v) is 2.70. The van der Waals surface area contributed by atoms with Gasteiger partial charge in [0, 0.05) is 6.20 Å². The van der Waals surface area contributed by atoms with Crippen LogP contribution in [0, 0.1) is 0 Å². The van der Waals surface area contributed by atoms with Crippen LogP contribution in [-0.4, -0.2) is 34.5 Å². The number of rotatable bonds is 0. The molecule has 0 aromatic carbocycles. The number of pyridine rings is 1. The summed E-state index contributed by atoms with van der Waals surface area (Å²) < 4.78 is 5.51. The molecule has 0 fully saturated rings. The average molecular weight is 249 g/mol. The van der Waals surface area contributed by atoms with Crippen LogP contribution in [-0.2, 0) is 4.79 Å². The predicted octanol–water partition coefficient (Wildman–Crippen LogP) is 1.30. The molecule has 2 aliphatic heterocycles. The molecule has 1 amide bonds. The van der Waals surface area contributed by atoms with Crippen LogP contribution in [0.3, 0.4) is 0 Å². The molecule has 1 aromatic heterocycles. The van der Waals surface area contributed by atoms with Gasteiger partial charge in [0.2, 0.25) is 0 Å². The van der Waals surface area contributed by atoms with Crippen molar-refractivity contribution < 1.29 is 9.53 Å². The minimum atomic E-state index is -0.0972. The first-order chi connectivity index (χ1) is 8.25. The fraction of sp³-hybridized carbons (Fsp3) is 0.364. The number of amidine groups is 1. The Labute approximate surface area is 103 Å². The molecule has 6 heteroatoms. The molecule has 0 saturated carbocycles. The molecule has 0 bridgehead atoms. The van der Waals surface area contributed by atoms with Gasteiger partial charge in [-0.2, -0.15) is 4.99 Å². The van der Waals surface area contributed by atoms with E-state index in [1.807, 2.05) is 24.0 Å². The summed E-state index contributed by atoms with van der Waals surface area (Å²) in [6.07, 6.45) is 1.71. The number of hydrogen-bond acceptors (Lipinski definition) is 5. The standard InChI is InChI=1S/C11H11N3O2S/c1-7-10(15)13-11(17-7)14-5-6-16-8-3-2-4-12-9(8)14/h2-4,7H,5-6H2,1H3. The normalized spacial score (nSPS) is 23.1. The fourth-order valence-electron chi connectivity index (χ4n) is 1.78. The number of fused-ring (bicyclic) bond motifs is 1. The third-order valence-corrected chi connectivity index (χ3v) is 3.72. The first-order valence-electron chi connectivity index (χ1n) is 5.40. The molecule has 0 saturated heterocycles. The first kappa shape index (κ1) is 10.6. The van der Waals surface area contributed by atoms with Gasteiger partial charge in [-0.05, 0) is 19.1 Å². The summed E-state index contributed by atoms with van der Waals surface area (Å²) in [7, 11) is 0. The van der Waals surface area contributed by atoms with Crippen molar-refractivity contribution in [2.24, 2.45) is 4.99 Å². The lowest BCUT2D eigenvalue weighted by Crippen LogP contribution is -2.36. The van der Waals surface area contributed by atoms with E-state index in [1.165, 1.54) is 11.8 Å². The van der Waals surface area contributed by atoms with Crippen LogP contribution >= 0.6 is 11.8 Å². The molecule has 5 nitrogen and oxygen atoms in total. The van der Waals surface area contributed by atoms with Gasteiger partial charge in [0.25, 0.3) is 5.91 Å². The third kappa shape index (κ3) is 1.78. The van der Waals surface area contributed by atoms with Gasteiger partial charge in [0.1, 0.15) is 6.61 Å². The zero-order valence-corrected chi connectivity index (χ0v) is 10.1. The van der Waals surface area contributed by atoms with E-state index in [0.29, 0.717) is 13.2 Å². The van der Waals surface area contributed by atoms with Crippen molar-refractivity contribution in [2.45, 2.75) is 12.2 Å². The van der Waals surface area contributed by atoms with Crippen LogP contribution < -0.4 is 9.64 Å². The van der Waals surface area contributed by atoms with Crippen molar-refractivity contribution in [3.05, 3.63) is 18.3 Å². The van der Waals surface area contributed by atoms with Gasteiger partial charge >= 0.3 is 0 Å². The number of carbonyl (C=O) groups excluding carboxylic acids is 1. The van der Waals surface area contributed by atoms with E-state index in [0.717, 1.165) is 16.7 Å². The number of amides is 1. The monoisotopic (exact) mass is 249 g/mol. The topological polar surface area (TPSA) is 54.8 Å². The van der Waals surface area contributed by atoms with Crippen LogP contribution in [0.4, 0.5) is 5.82 Å². The summed E-state index contributed by atoms with van der Waals surface area (Å²) in [5, 5.41) is 0.630. The predicted molar refractivity (Wildman–Crippen MR) is 66.6 cm³/mol. The van der Waals surface area contributed by atoms with Crippen molar-refractivity contribution in [3.63, 3.8) is 0 Å². The van der Waals surface area contributed by atoms with Crippen LogP contribution in [0.5, 0.6) is 5.75 Å². The lowest BCUT2D eigenvalue weighted by atomic mass is 10.3. The molecular weight excluding hydrogens is 238 g/mol. The number of aliphatic imine (C=N–C) groups is 1. The van der Waals surface area contributed by atoms with Crippen LogP contribution in [0.2, 0.25) is 0 Å². The SMILES string of the molecule is CC1SC(N2CCOc3cccnc32)=NC1=O. The highest BCUT2D eigenvalue weighted by Gasteiger charge is 2.31. The smallest absolute Gasteiger partial charge is 0.261 e. The second-order valence-corrected chi connectivity index (χ2v) is 5.13. The summed E-state index contributed by atoms with van der Waals surface area (Å²) in [6, 6.07) is 3.71. The molecule has 2 aliphatic rings. The van der Waals surface area contributed by atoms with Crippen LogP contribution in [0.15, 0.2) is 23.3 Å². The van der Waals surface area contributed by atoms with Crippen molar-refractivity contribution in [1.29, 1.82) is 0 Å². The molecule has 1 unspecified atom stereocenters. The van der Waals surface area contributed by atoms with Crippen molar-refractivity contribution in [2.75, 3.05) is 18.1 Å². The molecule has 0 aliphatic carbocycles. The molecule has 0 spiro atoms. The first-order valence-corrected chi connectivity index (χ1v) is 6.28. The van der Waals surface area contributed by atoms with E-state index in [-0.39, 0.29) is 11.2 Å². The number of hydrogen-bond donors (Lipinski definition) is 0. The number of thioether (sulfide) groups is 1. The maximum atomic E-state index is 11.5. The highest BCUT2D eigenvalue weighted by molar-refractivity contribution is 8.15. The second kappa shape index (κ2) is 4.03. The van der Waals surface area contributed by atoms with Crippen LogP contribution in [0.1, 0.15) is 6.92 Å². The molecule has 0 N–H and O–H groups in total. The maximum Gasteiger partial charge on any atom is 0.261 e. The van der Waals surface area contributed by atoms with Gasteiger partial charge in [-0.25, -0.2) is 4.98 Å². The lowest BCUT2D eigenvalue weighted by Gasteiger charge is -2.28. The van der Waals surface area contributed by atoms with Crippen molar-refractivity contribution in [1.82, 2.24) is 4.98 Å². The molecule has 0 radical (unpaired) electrons. The van der Waals surface area contributed by atoms with E-state index in [4.69, 9.17) is 4.74 Å². The largest absolute Gasteiger partial charge is 0.488 e. The van der Waals surface area contributed by atoms with E-state index < -0.39 is 0 Å². The van der Waals surface area contributed by atoms with E-state index in [1.54, 1.807) is 6.20 Å². The Morgan fingerprint density at radius 1 is 1.59 bits per heavy atom. The van der Waals surface area contributed by atoms with Crippen LogP contribution in [0.25, 0.3) is 0 Å². The summed E-state index contributed by atoms with van der Waals surface area (Å²) in [6.45, 7) is 3.12. The van der Waals surface area contributed by atoms with Gasteiger partial charge in [0.05, 0.1) is 11.8 Å². The van der Waals surface area contributed by atoms with Crippen molar-refractivity contribution in [3.8, 4) is 5.75 Å². The third-order valence-electron chi connectivity index (χ3n) is 2.65. The molecule has 3 rings (SSSR count). The number of carbonyl (C=O) groups is 1. The Balaban J connectivity index is 1.96. The summed E-state index contributed by atoms with van der Waals surface area (Å²) in [5.74, 6) is 1.41. The summed E-state index contributed by atoms with van der Waals surface area (Å²) in [4.78, 5) is 21.8. The summed E-state index contributed by atoms with van der Waals surface area (Å²) in [5.41, 5.74) is 0. The minimum absolute atomic E-state index is 0.0750. The van der Waals surface area contributed by atoms with E-state index in [9.17, 15) is 4.79 Å². The number of aromatic nitrogens is 1. The van der Waals surface area contributed by atoms with Crippen molar-refractivity contribution >= 4 is 28.7 Å². The van der Waals surface area contributed by atoms with E-state index >= 15 is 0 Å². The zero-order chi connectivity index (χ0) is 11.8. The maximum absolute atomic E-state index is 11.5. The lowest BCUT2D eigenvalue weighted by molar-refractivity contribution is -0.116. The van der Waals surface area contributed by atoms with Gasteiger partial charge in [0.15, 0.2) is 16.7 Å². The van der Waals surface area contributed by atoms with E-state index in [2.05, 4.69) is 9.98 Å². The zero-order valence-electron chi connectivity index (χ0n) is 9.29. The minimum Gasteiger partial charge on any atom is -0.488 e. The Morgan fingerprint density at radius 2 is 2.47 bits per heavy atom. The molecule has 1 atom stereocenters. The Bertz CT molecular complexity index is 503. The van der Waals surface area contributed by atoms with Gasteiger partial charge in [-0.15, -0.1) is 0 Å². The molecule has 1 aromatic rings. The highest BCUT2D eigenvalue weighted by atomic mass is 32.2. The second-order valence-electron chi connectivity index (χ2n) is 3.82. The summed E-state index contributed by atoms with van der Waals surface area (Å²) >= 11 is 1.47. The van der Waals surface area contributed by atoms with Gasteiger partial charge in [-0.1, -0.05) is 11.8 Å². The Kier molecular flexibility index (Phi) is 2.51. The van der Waals surface area contributed by atoms with Gasteiger partial charge < -0.3 is 4.74 Å². The molecular formula is C11H11N3O2S. The average Bonchev–Trinajstić information content (AvgIpc) is 2.69. The quantitative estimate of drug-likeness (QED) is 0.693. The number of ether oxygens (including phenoxy) is 1. The Hall–Kier alpha value is -1.56. The molecule has 88 valence electrons. The number of nitrogens with zero attached hydrogens (tertiary/aromatic N) is 3. The number of anilines is 1. The molecule has 3 heterocycles.